The van der Waals surface area contributed by atoms with Gasteiger partial charge < -0.3 is 20.5 Å². The summed E-state index contributed by atoms with van der Waals surface area (Å²) in [7, 11) is 1.53. The van der Waals surface area contributed by atoms with Gasteiger partial charge in [-0.2, -0.15) is 0 Å². The van der Waals surface area contributed by atoms with Gasteiger partial charge in [0, 0.05) is 22.8 Å². The first kappa shape index (κ1) is 22.7. The molecule has 0 radical (unpaired) electrons. The molecule has 2 heterocycles. The van der Waals surface area contributed by atoms with Crippen molar-refractivity contribution in [3.8, 4) is 0 Å². The molecule has 2 atom stereocenters. The molecule has 3 amide bonds. The van der Waals surface area contributed by atoms with Crippen molar-refractivity contribution in [2.75, 3.05) is 18.5 Å². The summed E-state index contributed by atoms with van der Waals surface area (Å²) in [5, 5.41) is 6.08. The number of likely N-dealkylation sites (N-methyl/N-ethyl adjacent to an activating group) is 1. The molecule has 0 fully saturated rings. The number of benzene rings is 3. The van der Waals surface area contributed by atoms with E-state index in [0.29, 0.717) is 11.4 Å². The lowest BCUT2D eigenvalue weighted by atomic mass is 10.0. The highest BCUT2D eigenvalue weighted by Gasteiger charge is 2.40. The van der Waals surface area contributed by atoms with Crippen molar-refractivity contribution < 1.29 is 14.4 Å². The van der Waals surface area contributed by atoms with E-state index in [1.807, 2.05) is 78.9 Å². The molecule has 35 heavy (non-hydrogen) atoms. The van der Waals surface area contributed by atoms with Crippen LogP contribution in [0.4, 0.5) is 5.69 Å². The second kappa shape index (κ2) is 9.68. The first-order valence-corrected chi connectivity index (χ1v) is 12.1. The van der Waals surface area contributed by atoms with Gasteiger partial charge in [-0.3, -0.25) is 14.4 Å². The van der Waals surface area contributed by atoms with Crippen molar-refractivity contribution in [1.82, 2.24) is 15.6 Å². The zero-order chi connectivity index (χ0) is 24.4. The van der Waals surface area contributed by atoms with Gasteiger partial charge in [-0.1, -0.05) is 60.7 Å². The standard InChI is InChI=1S/C27H24N4O3S/c1-28-23(32)16-31-21-13-7-8-14-22(21)35-25(17-9-3-2-4-10-17)24(27(31)34)30-26(33)20-15-18-11-5-6-12-19(18)29-20/h2-15,24-25,29H,16H2,1H3,(H,28,32)(H,30,33)/t24-,25-/m1/s1. The van der Waals surface area contributed by atoms with Crippen molar-refractivity contribution in [3.63, 3.8) is 0 Å². The lowest BCUT2D eigenvalue weighted by Crippen LogP contribution is -2.52. The number of H-pyrrole nitrogens is 1. The minimum Gasteiger partial charge on any atom is -0.358 e. The van der Waals surface area contributed by atoms with Gasteiger partial charge in [-0.05, 0) is 29.8 Å². The molecule has 0 bridgehead atoms. The Labute approximate surface area is 206 Å². The van der Waals surface area contributed by atoms with E-state index in [0.717, 1.165) is 21.4 Å². The lowest BCUT2D eigenvalue weighted by Gasteiger charge is -2.28. The third kappa shape index (κ3) is 4.52. The molecule has 0 saturated heterocycles. The first-order chi connectivity index (χ1) is 17.0. The van der Waals surface area contributed by atoms with Crippen LogP contribution in [0.3, 0.4) is 0 Å². The number of fused-ring (bicyclic) bond motifs is 2. The Morgan fingerprint density at radius 3 is 2.46 bits per heavy atom. The second-order valence-corrected chi connectivity index (χ2v) is 9.42. The van der Waals surface area contributed by atoms with Gasteiger partial charge in [0.1, 0.15) is 18.3 Å². The fraction of sp³-hybridized carbons (Fsp3) is 0.148. The summed E-state index contributed by atoms with van der Waals surface area (Å²) < 4.78 is 0. The minimum atomic E-state index is -0.904. The van der Waals surface area contributed by atoms with E-state index >= 15 is 0 Å². The normalized spacial score (nSPS) is 17.5. The topological polar surface area (TPSA) is 94.3 Å². The van der Waals surface area contributed by atoms with E-state index in [2.05, 4.69) is 15.6 Å². The van der Waals surface area contributed by atoms with Crippen molar-refractivity contribution in [2.45, 2.75) is 16.2 Å². The molecule has 1 aromatic heterocycles. The number of amides is 3. The molecule has 8 heteroatoms. The molecule has 3 aromatic carbocycles. The molecule has 7 nitrogen and oxygen atoms in total. The fourth-order valence-electron chi connectivity index (χ4n) is 4.24. The molecule has 1 aliphatic heterocycles. The van der Waals surface area contributed by atoms with E-state index in [1.54, 1.807) is 6.07 Å². The smallest absolute Gasteiger partial charge is 0.268 e. The highest BCUT2D eigenvalue weighted by molar-refractivity contribution is 7.99. The maximum atomic E-state index is 14.0. The Bertz CT molecular complexity index is 1370. The van der Waals surface area contributed by atoms with Crippen LogP contribution >= 0.6 is 11.8 Å². The number of aromatic amines is 1. The predicted octanol–water partition coefficient (Wildman–Crippen LogP) is 3.89. The maximum absolute atomic E-state index is 14.0. The number of aromatic nitrogens is 1. The molecular weight excluding hydrogens is 460 g/mol. The van der Waals surface area contributed by atoms with Crippen molar-refractivity contribution in [3.05, 3.63) is 96.2 Å². The van der Waals surface area contributed by atoms with Gasteiger partial charge >= 0.3 is 0 Å². The minimum absolute atomic E-state index is 0.146. The third-order valence-corrected chi connectivity index (χ3v) is 7.41. The van der Waals surface area contributed by atoms with Crippen LogP contribution in [-0.2, 0) is 9.59 Å². The number of para-hydroxylation sites is 2. The van der Waals surface area contributed by atoms with Gasteiger partial charge in [0.2, 0.25) is 5.91 Å². The van der Waals surface area contributed by atoms with Crippen LogP contribution in [0.25, 0.3) is 10.9 Å². The van der Waals surface area contributed by atoms with Crippen LogP contribution in [0.5, 0.6) is 0 Å². The molecular formula is C27H24N4O3S. The van der Waals surface area contributed by atoms with Crippen LogP contribution in [0.15, 0.2) is 89.8 Å². The van der Waals surface area contributed by atoms with Crippen molar-refractivity contribution in [2.24, 2.45) is 0 Å². The summed E-state index contributed by atoms with van der Waals surface area (Å²) in [5.41, 5.74) is 2.77. The van der Waals surface area contributed by atoms with Crippen LogP contribution < -0.4 is 15.5 Å². The number of rotatable bonds is 5. The van der Waals surface area contributed by atoms with Crippen LogP contribution in [0.1, 0.15) is 21.3 Å². The second-order valence-electron chi connectivity index (χ2n) is 8.24. The molecule has 3 N–H and O–H groups in total. The summed E-state index contributed by atoms with van der Waals surface area (Å²) in [5.74, 6) is -1.02. The third-order valence-electron chi connectivity index (χ3n) is 6.01. The quantitative estimate of drug-likeness (QED) is 0.401. The maximum Gasteiger partial charge on any atom is 0.268 e. The summed E-state index contributed by atoms with van der Waals surface area (Å²) in [6, 6.07) is 25.6. The van der Waals surface area contributed by atoms with Gasteiger partial charge in [0.05, 0.1) is 10.9 Å². The number of hydrogen-bond donors (Lipinski definition) is 3. The SMILES string of the molecule is CNC(=O)CN1C(=O)[C@H](NC(=O)c2cc3ccccc3[nH]2)[C@@H](c2ccccc2)Sc2ccccc21. The Morgan fingerprint density at radius 2 is 1.69 bits per heavy atom. The molecule has 1 aliphatic rings. The Balaban J connectivity index is 1.56. The van der Waals surface area contributed by atoms with Gasteiger partial charge in [-0.25, -0.2) is 0 Å². The zero-order valence-corrected chi connectivity index (χ0v) is 19.8. The number of carbonyl (C=O) groups excluding carboxylic acids is 3. The van der Waals surface area contributed by atoms with E-state index in [-0.39, 0.29) is 24.3 Å². The molecule has 0 aliphatic carbocycles. The fourth-order valence-corrected chi connectivity index (χ4v) is 5.59. The number of nitrogens with zero attached hydrogens (tertiary/aromatic N) is 1. The molecule has 0 saturated carbocycles. The van der Waals surface area contributed by atoms with Crippen LogP contribution in [0.2, 0.25) is 0 Å². The van der Waals surface area contributed by atoms with E-state index < -0.39 is 11.3 Å². The number of anilines is 1. The summed E-state index contributed by atoms with van der Waals surface area (Å²) >= 11 is 1.50. The van der Waals surface area contributed by atoms with Gasteiger partial charge in [0.15, 0.2) is 0 Å². The largest absolute Gasteiger partial charge is 0.358 e. The van der Waals surface area contributed by atoms with Crippen molar-refractivity contribution in [1.29, 1.82) is 0 Å². The zero-order valence-electron chi connectivity index (χ0n) is 19.0. The highest BCUT2D eigenvalue weighted by Crippen LogP contribution is 2.45. The average molecular weight is 485 g/mol. The van der Waals surface area contributed by atoms with Gasteiger partial charge in [0.25, 0.3) is 11.8 Å². The van der Waals surface area contributed by atoms with Crippen LogP contribution in [-0.4, -0.2) is 42.3 Å². The molecule has 176 valence electrons. The number of thioether (sulfide) groups is 1. The number of carbonyl (C=O) groups is 3. The first-order valence-electron chi connectivity index (χ1n) is 11.3. The van der Waals surface area contributed by atoms with E-state index in [9.17, 15) is 14.4 Å². The highest BCUT2D eigenvalue weighted by atomic mass is 32.2. The molecule has 5 rings (SSSR count). The predicted molar refractivity (Wildman–Crippen MR) is 137 cm³/mol. The monoisotopic (exact) mass is 484 g/mol. The van der Waals surface area contributed by atoms with Crippen molar-refractivity contribution >= 4 is 46.1 Å². The molecule has 0 unspecified atom stereocenters. The summed E-state index contributed by atoms with van der Waals surface area (Å²) in [6.07, 6.45) is 0. The van der Waals surface area contributed by atoms with E-state index in [4.69, 9.17) is 0 Å². The Morgan fingerprint density at radius 1 is 0.971 bits per heavy atom. The number of nitrogens with one attached hydrogen (secondary N) is 3. The molecule has 4 aromatic rings. The Kier molecular flexibility index (Phi) is 6.29. The van der Waals surface area contributed by atoms with Gasteiger partial charge in [-0.15, -0.1) is 11.8 Å². The van der Waals surface area contributed by atoms with Crippen LogP contribution in [0, 0.1) is 0 Å². The molecule has 0 spiro atoms. The summed E-state index contributed by atoms with van der Waals surface area (Å²) in [4.78, 5) is 45.2. The Hall–Kier alpha value is -4.04. The number of hydrogen-bond acceptors (Lipinski definition) is 4. The average Bonchev–Trinajstić information content (AvgIpc) is 3.30. The summed E-state index contributed by atoms with van der Waals surface area (Å²) in [6.45, 7) is -0.146. The lowest BCUT2D eigenvalue weighted by molar-refractivity contribution is -0.124. The van der Waals surface area contributed by atoms with E-state index in [1.165, 1.54) is 23.7 Å².